The van der Waals surface area contributed by atoms with E-state index in [0.717, 1.165) is 16.7 Å². The topological polar surface area (TPSA) is 33.1 Å². The largest absolute Gasteiger partial charge is 0.506 e. The Bertz CT molecular complexity index is 417. The molecular formula is C12H11NO. The standard InChI is InChI=1S/C12H11NO/c1-9-7-13-8-11(14)12(9)10-5-3-2-4-6-10/h2-8,14H,1H3. The van der Waals surface area contributed by atoms with Crippen molar-refractivity contribution in [3.63, 3.8) is 0 Å². The summed E-state index contributed by atoms with van der Waals surface area (Å²) in [6.07, 6.45) is 3.22. The molecular weight excluding hydrogens is 174 g/mol. The maximum atomic E-state index is 9.68. The van der Waals surface area contributed by atoms with Crippen molar-refractivity contribution in [2.75, 3.05) is 0 Å². The average Bonchev–Trinajstić information content (AvgIpc) is 2.19. The first kappa shape index (κ1) is 8.75. The van der Waals surface area contributed by atoms with Gasteiger partial charge in [-0.05, 0) is 18.1 Å². The summed E-state index contributed by atoms with van der Waals surface area (Å²) in [6.45, 7) is 1.94. The molecule has 0 aliphatic carbocycles. The summed E-state index contributed by atoms with van der Waals surface area (Å²) < 4.78 is 0. The van der Waals surface area contributed by atoms with Crippen LogP contribution in [0, 0.1) is 6.92 Å². The molecule has 2 aromatic rings. The molecule has 0 amide bonds. The van der Waals surface area contributed by atoms with Crippen LogP contribution in [0.3, 0.4) is 0 Å². The van der Waals surface area contributed by atoms with Gasteiger partial charge >= 0.3 is 0 Å². The Balaban J connectivity index is 2.63. The fraction of sp³-hybridized carbons (Fsp3) is 0.0833. The van der Waals surface area contributed by atoms with E-state index in [-0.39, 0.29) is 5.75 Å². The molecule has 1 N–H and O–H groups in total. The molecule has 0 unspecified atom stereocenters. The molecule has 0 atom stereocenters. The Morgan fingerprint density at radius 3 is 2.43 bits per heavy atom. The van der Waals surface area contributed by atoms with Crippen LogP contribution in [0.5, 0.6) is 5.75 Å². The van der Waals surface area contributed by atoms with E-state index in [0.29, 0.717) is 0 Å². The van der Waals surface area contributed by atoms with Gasteiger partial charge in [0.2, 0.25) is 0 Å². The van der Waals surface area contributed by atoms with Crippen molar-refractivity contribution < 1.29 is 5.11 Å². The van der Waals surface area contributed by atoms with Crippen molar-refractivity contribution in [3.8, 4) is 16.9 Å². The number of pyridine rings is 1. The van der Waals surface area contributed by atoms with Crippen molar-refractivity contribution in [1.82, 2.24) is 4.98 Å². The summed E-state index contributed by atoms with van der Waals surface area (Å²) in [4.78, 5) is 3.92. The molecule has 0 spiro atoms. The van der Waals surface area contributed by atoms with Gasteiger partial charge in [0.25, 0.3) is 0 Å². The van der Waals surface area contributed by atoms with Crippen LogP contribution in [0.25, 0.3) is 11.1 Å². The van der Waals surface area contributed by atoms with Gasteiger partial charge in [-0.25, -0.2) is 0 Å². The summed E-state index contributed by atoms with van der Waals surface area (Å²) in [5, 5.41) is 9.68. The molecule has 0 radical (unpaired) electrons. The van der Waals surface area contributed by atoms with Gasteiger partial charge in [-0.2, -0.15) is 0 Å². The third kappa shape index (κ3) is 1.46. The van der Waals surface area contributed by atoms with Crippen molar-refractivity contribution >= 4 is 0 Å². The number of aromatic nitrogens is 1. The zero-order valence-corrected chi connectivity index (χ0v) is 7.94. The summed E-state index contributed by atoms with van der Waals surface area (Å²) in [5.74, 6) is 0.233. The molecule has 14 heavy (non-hydrogen) atoms. The summed E-state index contributed by atoms with van der Waals surface area (Å²) in [5.41, 5.74) is 2.86. The van der Waals surface area contributed by atoms with Gasteiger partial charge in [-0.1, -0.05) is 30.3 Å². The van der Waals surface area contributed by atoms with Gasteiger partial charge in [0.15, 0.2) is 0 Å². The smallest absolute Gasteiger partial charge is 0.141 e. The third-order valence-corrected chi connectivity index (χ3v) is 2.18. The second-order valence-corrected chi connectivity index (χ2v) is 3.22. The molecule has 0 saturated carbocycles. The van der Waals surface area contributed by atoms with Crippen LogP contribution in [-0.4, -0.2) is 10.1 Å². The minimum Gasteiger partial charge on any atom is -0.506 e. The van der Waals surface area contributed by atoms with Crippen molar-refractivity contribution in [2.24, 2.45) is 0 Å². The fourth-order valence-electron chi connectivity index (χ4n) is 1.53. The van der Waals surface area contributed by atoms with E-state index in [1.807, 2.05) is 37.3 Å². The molecule has 1 aromatic heterocycles. The van der Waals surface area contributed by atoms with Gasteiger partial charge in [0.05, 0.1) is 6.20 Å². The van der Waals surface area contributed by atoms with Crippen molar-refractivity contribution in [1.29, 1.82) is 0 Å². The molecule has 2 rings (SSSR count). The minimum atomic E-state index is 0.233. The number of benzene rings is 1. The normalized spacial score (nSPS) is 10.1. The van der Waals surface area contributed by atoms with Gasteiger partial charge in [-0.3, -0.25) is 4.98 Å². The van der Waals surface area contributed by atoms with Crippen LogP contribution in [0.2, 0.25) is 0 Å². The zero-order chi connectivity index (χ0) is 9.97. The van der Waals surface area contributed by atoms with Gasteiger partial charge in [0, 0.05) is 11.8 Å². The summed E-state index contributed by atoms with van der Waals surface area (Å²) in [7, 11) is 0. The molecule has 2 nitrogen and oxygen atoms in total. The lowest BCUT2D eigenvalue weighted by molar-refractivity contribution is 0.474. The van der Waals surface area contributed by atoms with Crippen LogP contribution in [-0.2, 0) is 0 Å². The minimum absolute atomic E-state index is 0.233. The quantitative estimate of drug-likeness (QED) is 0.741. The van der Waals surface area contributed by atoms with E-state index in [1.165, 1.54) is 6.20 Å². The Labute approximate surface area is 82.9 Å². The third-order valence-electron chi connectivity index (χ3n) is 2.18. The Morgan fingerprint density at radius 2 is 1.79 bits per heavy atom. The van der Waals surface area contributed by atoms with Crippen LogP contribution < -0.4 is 0 Å². The van der Waals surface area contributed by atoms with Crippen molar-refractivity contribution in [3.05, 3.63) is 48.3 Å². The number of aromatic hydroxyl groups is 1. The lowest BCUT2D eigenvalue weighted by atomic mass is 10.0. The molecule has 0 aliphatic rings. The highest BCUT2D eigenvalue weighted by Gasteiger charge is 2.06. The predicted molar refractivity (Wildman–Crippen MR) is 56.1 cm³/mol. The number of nitrogens with zero attached hydrogens (tertiary/aromatic N) is 1. The van der Waals surface area contributed by atoms with Gasteiger partial charge in [0.1, 0.15) is 5.75 Å². The first-order chi connectivity index (χ1) is 6.79. The van der Waals surface area contributed by atoms with Crippen molar-refractivity contribution in [2.45, 2.75) is 6.92 Å². The van der Waals surface area contributed by atoms with Crippen LogP contribution in [0.15, 0.2) is 42.7 Å². The Kier molecular flexibility index (Phi) is 2.19. The van der Waals surface area contributed by atoms with E-state index < -0.39 is 0 Å². The first-order valence-electron chi connectivity index (χ1n) is 4.48. The Morgan fingerprint density at radius 1 is 1.07 bits per heavy atom. The molecule has 0 aliphatic heterocycles. The number of hydrogen-bond acceptors (Lipinski definition) is 2. The Hall–Kier alpha value is -1.83. The van der Waals surface area contributed by atoms with Gasteiger partial charge in [-0.15, -0.1) is 0 Å². The van der Waals surface area contributed by atoms with E-state index in [1.54, 1.807) is 6.20 Å². The monoisotopic (exact) mass is 185 g/mol. The second-order valence-electron chi connectivity index (χ2n) is 3.22. The summed E-state index contributed by atoms with van der Waals surface area (Å²) >= 11 is 0. The first-order valence-corrected chi connectivity index (χ1v) is 4.48. The molecule has 2 heteroatoms. The maximum absolute atomic E-state index is 9.68. The number of rotatable bonds is 1. The second kappa shape index (κ2) is 3.50. The van der Waals surface area contributed by atoms with E-state index >= 15 is 0 Å². The van der Waals surface area contributed by atoms with E-state index in [2.05, 4.69) is 4.98 Å². The molecule has 0 saturated heterocycles. The number of hydrogen-bond donors (Lipinski definition) is 1. The zero-order valence-electron chi connectivity index (χ0n) is 7.94. The highest BCUT2D eigenvalue weighted by atomic mass is 16.3. The molecule has 0 fully saturated rings. The number of aryl methyl sites for hydroxylation is 1. The maximum Gasteiger partial charge on any atom is 0.141 e. The molecule has 0 bridgehead atoms. The molecule has 1 heterocycles. The van der Waals surface area contributed by atoms with E-state index in [4.69, 9.17) is 0 Å². The fourth-order valence-corrected chi connectivity index (χ4v) is 1.53. The predicted octanol–water partition coefficient (Wildman–Crippen LogP) is 2.76. The molecule has 70 valence electrons. The van der Waals surface area contributed by atoms with Crippen LogP contribution >= 0.6 is 0 Å². The lowest BCUT2D eigenvalue weighted by Gasteiger charge is -2.06. The average molecular weight is 185 g/mol. The summed E-state index contributed by atoms with van der Waals surface area (Å²) in [6, 6.07) is 9.81. The highest BCUT2D eigenvalue weighted by Crippen LogP contribution is 2.30. The van der Waals surface area contributed by atoms with E-state index in [9.17, 15) is 5.11 Å². The highest BCUT2D eigenvalue weighted by molar-refractivity contribution is 5.72. The lowest BCUT2D eigenvalue weighted by Crippen LogP contribution is -1.85. The van der Waals surface area contributed by atoms with Gasteiger partial charge < -0.3 is 5.11 Å². The SMILES string of the molecule is Cc1cncc(O)c1-c1ccccc1. The van der Waals surface area contributed by atoms with Crippen LogP contribution in [0.1, 0.15) is 5.56 Å². The van der Waals surface area contributed by atoms with Crippen LogP contribution in [0.4, 0.5) is 0 Å². The molecule has 1 aromatic carbocycles.